The third-order valence-electron chi connectivity index (χ3n) is 8.29. The third kappa shape index (κ3) is 8.25. The highest BCUT2D eigenvalue weighted by Crippen LogP contribution is 2.40. The van der Waals surface area contributed by atoms with E-state index < -0.39 is 22.9 Å². The first-order valence-electron chi connectivity index (χ1n) is 15.6. The van der Waals surface area contributed by atoms with Gasteiger partial charge in [0.15, 0.2) is 11.0 Å². The molecule has 0 bridgehead atoms. The first kappa shape index (κ1) is 33.0. The maximum atomic E-state index is 13.4. The molecule has 5 rings (SSSR count). The molecule has 0 aliphatic carbocycles. The van der Waals surface area contributed by atoms with Crippen molar-refractivity contribution in [1.29, 1.82) is 0 Å². The van der Waals surface area contributed by atoms with E-state index in [9.17, 15) is 13.8 Å². The van der Waals surface area contributed by atoms with Crippen LogP contribution in [0.2, 0.25) is 5.02 Å². The molecule has 0 radical (unpaired) electrons. The molecule has 10 nitrogen and oxygen atoms in total. The summed E-state index contributed by atoms with van der Waals surface area (Å²) in [6, 6.07) is 13.3. The van der Waals surface area contributed by atoms with Crippen LogP contribution >= 0.6 is 11.6 Å². The normalized spacial score (nSPS) is 20.2. The first-order chi connectivity index (χ1) is 21.7. The number of fused-ring (bicyclic) bond motifs is 1. The predicted molar refractivity (Wildman–Crippen MR) is 175 cm³/mol. The van der Waals surface area contributed by atoms with Gasteiger partial charge in [0.1, 0.15) is 12.3 Å². The fourth-order valence-corrected chi connectivity index (χ4v) is 7.20. The van der Waals surface area contributed by atoms with Crippen molar-refractivity contribution in [1.82, 2.24) is 19.8 Å². The standard InChI is InChI=1S/C33H42ClN5O5S/c1-4-6-24-15-25(34)7-9-28(24)33(3)21-38(19-23-11-13-35-18-23)29-17-27(8-10-30(29)44-22-33)45(42)37-31(40)16-26-12-14-39(36-26)20-32(41)43-5-2/h7-10,12,14-15,17,23,35H,4-6,11,13,16,18-22H2,1-3H3,(H,37,40). The van der Waals surface area contributed by atoms with Gasteiger partial charge in [-0.2, -0.15) is 5.10 Å². The second kappa shape index (κ2) is 14.8. The summed E-state index contributed by atoms with van der Waals surface area (Å²) in [4.78, 5) is 27.4. The van der Waals surface area contributed by atoms with Gasteiger partial charge in [-0.05, 0) is 86.3 Å². The Labute approximate surface area is 272 Å². The number of aryl methyl sites for hydroxylation is 1. The molecule has 1 fully saturated rings. The monoisotopic (exact) mass is 655 g/mol. The highest BCUT2D eigenvalue weighted by Gasteiger charge is 2.37. The average molecular weight is 656 g/mol. The lowest BCUT2D eigenvalue weighted by molar-refractivity contribution is -0.144. The summed E-state index contributed by atoms with van der Waals surface area (Å²) in [5, 5.41) is 8.47. The molecule has 0 spiro atoms. The van der Waals surface area contributed by atoms with Crippen LogP contribution in [0.3, 0.4) is 0 Å². The number of carbonyl (C=O) groups excluding carboxylic acids is 2. The second-order valence-corrected chi connectivity index (χ2v) is 13.7. The zero-order chi connectivity index (χ0) is 32.0. The van der Waals surface area contributed by atoms with Crippen LogP contribution in [0.15, 0.2) is 53.6 Å². The number of hydrogen-bond acceptors (Lipinski definition) is 8. The number of ether oxygens (including phenoxy) is 2. The molecule has 1 saturated heterocycles. The highest BCUT2D eigenvalue weighted by atomic mass is 35.5. The van der Waals surface area contributed by atoms with Crippen LogP contribution in [0.1, 0.15) is 50.4 Å². The molecular weight excluding hydrogens is 614 g/mol. The van der Waals surface area contributed by atoms with Gasteiger partial charge in [0, 0.05) is 29.7 Å². The van der Waals surface area contributed by atoms with Crippen LogP contribution in [0.5, 0.6) is 5.75 Å². The molecular formula is C33H42ClN5O5S. The van der Waals surface area contributed by atoms with Crippen LogP contribution in [0.4, 0.5) is 5.69 Å². The summed E-state index contributed by atoms with van der Waals surface area (Å²) in [6.07, 6.45) is 4.57. The number of nitrogens with one attached hydrogen (secondary N) is 2. The number of carbonyl (C=O) groups is 2. The first-order valence-corrected chi connectivity index (χ1v) is 17.1. The molecule has 3 aromatic rings. The lowest BCUT2D eigenvalue weighted by Crippen LogP contribution is -2.43. The lowest BCUT2D eigenvalue weighted by Gasteiger charge is -2.36. The molecule has 242 valence electrons. The van der Waals surface area contributed by atoms with Gasteiger partial charge in [-0.3, -0.25) is 19.0 Å². The highest BCUT2D eigenvalue weighted by molar-refractivity contribution is 7.83. The Balaban J connectivity index is 1.35. The Morgan fingerprint density at radius 2 is 2.07 bits per heavy atom. The molecule has 2 aromatic carbocycles. The molecule has 2 aliphatic rings. The average Bonchev–Trinajstić information content (AvgIpc) is 3.65. The van der Waals surface area contributed by atoms with Crippen LogP contribution in [-0.2, 0) is 50.1 Å². The van der Waals surface area contributed by atoms with E-state index in [-0.39, 0.29) is 25.0 Å². The topological polar surface area (TPSA) is 115 Å². The minimum atomic E-state index is -1.80. The summed E-state index contributed by atoms with van der Waals surface area (Å²) in [6.45, 7) is 10.4. The summed E-state index contributed by atoms with van der Waals surface area (Å²) in [5.74, 6) is 0.361. The molecule has 45 heavy (non-hydrogen) atoms. The van der Waals surface area contributed by atoms with E-state index in [4.69, 9.17) is 21.1 Å². The minimum absolute atomic E-state index is 0.0387. The molecule has 3 atom stereocenters. The lowest BCUT2D eigenvalue weighted by atomic mass is 9.79. The Bertz CT molecular complexity index is 1540. The third-order valence-corrected chi connectivity index (χ3v) is 9.62. The van der Waals surface area contributed by atoms with Gasteiger partial charge in [0.05, 0.1) is 35.9 Å². The van der Waals surface area contributed by atoms with E-state index >= 15 is 0 Å². The smallest absolute Gasteiger partial charge is 0.327 e. The maximum Gasteiger partial charge on any atom is 0.327 e. The SMILES string of the molecule is CCCc1cc(Cl)ccc1C1(C)COc2ccc(S(=O)NC(=O)Cc3ccn(CC(=O)OCC)n3)cc2N(CC2CCNC2)C1. The van der Waals surface area contributed by atoms with Crippen molar-refractivity contribution in [2.75, 3.05) is 44.3 Å². The van der Waals surface area contributed by atoms with E-state index in [1.165, 1.54) is 15.8 Å². The van der Waals surface area contributed by atoms with Gasteiger partial charge < -0.3 is 19.7 Å². The van der Waals surface area contributed by atoms with Gasteiger partial charge >= 0.3 is 5.97 Å². The van der Waals surface area contributed by atoms with E-state index in [2.05, 4.69) is 46.0 Å². The fourth-order valence-electron chi connectivity index (χ4n) is 6.19. The van der Waals surface area contributed by atoms with Crippen molar-refractivity contribution in [3.05, 3.63) is 70.5 Å². The number of halogens is 1. The molecule has 0 saturated carbocycles. The van der Waals surface area contributed by atoms with Crippen molar-refractivity contribution in [3.63, 3.8) is 0 Å². The van der Waals surface area contributed by atoms with E-state index in [1.54, 1.807) is 25.3 Å². The van der Waals surface area contributed by atoms with Crippen LogP contribution < -0.4 is 19.7 Å². The van der Waals surface area contributed by atoms with Crippen LogP contribution in [0, 0.1) is 5.92 Å². The Morgan fingerprint density at radius 3 is 2.82 bits per heavy atom. The van der Waals surface area contributed by atoms with Crippen LogP contribution in [0.25, 0.3) is 0 Å². The number of benzene rings is 2. The van der Waals surface area contributed by atoms with E-state index in [0.717, 1.165) is 55.4 Å². The van der Waals surface area contributed by atoms with E-state index in [0.29, 0.717) is 29.7 Å². The molecule has 1 aromatic heterocycles. The molecule has 2 aliphatic heterocycles. The Hall–Kier alpha value is -3.41. The fraction of sp³-hybridized carbons (Fsp3) is 0.485. The van der Waals surface area contributed by atoms with Gasteiger partial charge in [-0.1, -0.05) is 37.9 Å². The molecule has 2 N–H and O–H groups in total. The van der Waals surface area contributed by atoms with Gasteiger partial charge in [0.2, 0.25) is 5.91 Å². The predicted octanol–water partition coefficient (Wildman–Crippen LogP) is 4.20. The van der Waals surface area contributed by atoms with E-state index in [1.807, 2.05) is 18.2 Å². The summed E-state index contributed by atoms with van der Waals surface area (Å²) in [5.41, 5.74) is 3.49. The van der Waals surface area contributed by atoms with Gasteiger partial charge in [-0.15, -0.1) is 0 Å². The van der Waals surface area contributed by atoms with Crippen molar-refractivity contribution < 1.29 is 23.3 Å². The molecule has 1 amide bonds. The van der Waals surface area contributed by atoms with Crippen LogP contribution in [-0.4, -0.2) is 65.3 Å². The number of nitrogens with zero attached hydrogens (tertiary/aromatic N) is 3. The van der Waals surface area contributed by atoms with Gasteiger partial charge in [-0.25, -0.2) is 4.21 Å². The Morgan fingerprint density at radius 1 is 1.22 bits per heavy atom. The second-order valence-electron chi connectivity index (χ2n) is 12.1. The summed E-state index contributed by atoms with van der Waals surface area (Å²) < 4.78 is 28.9. The number of rotatable bonds is 12. The summed E-state index contributed by atoms with van der Waals surface area (Å²) in [7, 11) is -1.80. The zero-order valence-corrected chi connectivity index (χ0v) is 27.7. The summed E-state index contributed by atoms with van der Waals surface area (Å²) >= 11 is 6.41. The number of anilines is 1. The minimum Gasteiger partial charge on any atom is -0.490 e. The zero-order valence-electron chi connectivity index (χ0n) is 26.1. The van der Waals surface area contributed by atoms with Crippen molar-refractivity contribution in [2.24, 2.45) is 5.92 Å². The number of esters is 1. The number of hydrogen-bond donors (Lipinski definition) is 2. The largest absolute Gasteiger partial charge is 0.490 e. The van der Waals surface area contributed by atoms with Gasteiger partial charge in [0.25, 0.3) is 0 Å². The van der Waals surface area contributed by atoms with Crippen molar-refractivity contribution in [3.8, 4) is 5.75 Å². The molecule has 12 heteroatoms. The number of amides is 1. The Kier molecular flexibility index (Phi) is 10.8. The molecule has 3 unspecified atom stereocenters. The van der Waals surface area contributed by atoms with Crippen molar-refractivity contribution >= 4 is 40.2 Å². The maximum absolute atomic E-state index is 13.4. The quantitative estimate of drug-likeness (QED) is 0.279. The number of aromatic nitrogens is 2. The molecule has 3 heterocycles. The van der Waals surface area contributed by atoms with Crippen molar-refractivity contribution in [2.45, 2.75) is 63.3 Å².